The lowest BCUT2D eigenvalue weighted by atomic mass is 10.1. The van der Waals surface area contributed by atoms with E-state index in [0.717, 1.165) is 18.7 Å². The molecule has 1 saturated heterocycles. The van der Waals surface area contributed by atoms with E-state index in [2.05, 4.69) is 22.3 Å². The van der Waals surface area contributed by atoms with E-state index < -0.39 is 6.04 Å². The Bertz CT molecular complexity index is 769. The van der Waals surface area contributed by atoms with Crippen LogP contribution in [0.15, 0.2) is 60.7 Å². The van der Waals surface area contributed by atoms with E-state index in [1.807, 2.05) is 53.4 Å². The van der Waals surface area contributed by atoms with Crippen LogP contribution in [0.3, 0.4) is 0 Å². The number of nitrogens with one attached hydrogen (secondary N) is 1. The Morgan fingerprint density at radius 3 is 2.07 bits per heavy atom. The molecule has 0 aliphatic carbocycles. The Labute approximate surface area is 190 Å². The van der Waals surface area contributed by atoms with Gasteiger partial charge in [0.05, 0.1) is 6.04 Å². The van der Waals surface area contributed by atoms with Crippen LogP contribution in [0.1, 0.15) is 12.0 Å². The first-order valence-electron chi connectivity index (χ1n) is 9.78. The highest BCUT2D eigenvalue weighted by Crippen LogP contribution is 2.15. The van der Waals surface area contributed by atoms with E-state index >= 15 is 0 Å². The summed E-state index contributed by atoms with van der Waals surface area (Å²) in [6.45, 7) is 3.37. The van der Waals surface area contributed by atoms with Crippen molar-refractivity contribution in [3.05, 3.63) is 66.2 Å². The molecule has 0 radical (unpaired) electrons. The van der Waals surface area contributed by atoms with Gasteiger partial charge in [0.1, 0.15) is 0 Å². The fourth-order valence-corrected chi connectivity index (χ4v) is 3.40. The van der Waals surface area contributed by atoms with Gasteiger partial charge in [-0.25, -0.2) is 0 Å². The summed E-state index contributed by atoms with van der Waals surface area (Å²) in [5.74, 6) is -0.143. The van der Waals surface area contributed by atoms with Crippen molar-refractivity contribution < 1.29 is 9.59 Å². The largest absolute Gasteiger partial charge is 0.368 e. The summed E-state index contributed by atoms with van der Waals surface area (Å²) < 4.78 is 0. The average Bonchev–Trinajstić information content (AvgIpc) is 2.75. The zero-order valence-electron chi connectivity index (χ0n) is 16.9. The standard InChI is InChI=1S/C22H28N4O2.2ClH/c23-20(17-18-7-3-1-4-8-18)22(28)24-12-11-21(27)26-15-13-25(14-16-26)19-9-5-2-6-10-19;;/h1-10,20H,11-17,23H2,(H,24,28);2*1H. The minimum Gasteiger partial charge on any atom is -0.368 e. The van der Waals surface area contributed by atoms with Gasteiger partial charge in [0.15, 0.2) is 0 Å². The maximum atomic E-state index is 12.4. The minimum absolute atomic E-state index is 0. The van der Waals surface area contributed by atoms with Crippen molar-refractivity contribution in [2.45, 2.75) is 18.9 Å². The molecule has 1 unspecified atom stereocenters. The Kier molecular flexibility index (Phi) is 11.3. The molecule has 0 spiro atoms. The van der Waals surface area contributed by atoms with Crippen molar-refractivity contribution in [1.29, 1.82) is 0 Å². The molecular formula is C22H30Cl2N4O2. The van der Waals surface area contributed by atoms with Crippen LogP contribution in [-0.4, -0.2) is 55.5 Å². The number of carbonyl (C=O) groups excluding carboxylic acids is 2. The molecule has 8 heteroatoms. The molecule has 2 aromatic rings. The topological polar surface area (TPSA) is 78.7 Å². The zero-order valence-corrected chi connectivity index (χ0v) is 18.5. The normalized spacial score (nSPS) is 14.2. The molecule has 30 heavy (non-hydrogen) atoms. The highest BCUT2D eigenvalue weighted by atomic mass is 35.5. The van der Waals surface area contributed by atoms with Gasteiger partial charge in [-0.05, 0) is 24.1 Å². The molecular weight excluding hydrogens is 423 g/mol. The van der Waals surface area contributed by atoms with Crippen LogP contribution in [0.2, 0.25) is 0 Å². The maximum Gasteiger partial charge on any atom is 0.237 e. The molecule has 0 aromatic heterocycles. The maximum absolute atomic E-state index is 12.4. The third-order valence-electron chi connectivity index (χ3n) is 5.03. The summed E-state index contributed by atoms with van der Waals surface area (Å²) in [5, 5.41) is 2.79. The number of nitrogens with zero attached hydrogens (tertiary/aromatic N) is 2. The second-order valence-corrected chi connectivity index (χ2v) is 7.04. The first-order chi connectivity index (χ1) is 13.6. The fraction of sp³-hybridized carbons (Fsp3) is 0.364. The Balaban J connectivity index is 0.00000225. The fourth-order valence-electron chi connectivity index (χ4n) is 3.40. The van der Waals surface area contributed by atoms with E-state index in [-0.39, 0.29) is 36.6 Å². The molecule has 1 fully saturated rings. The van der Waals surface area contributed by atoms with E-state index in [1.165, 1.54) is 5.69 Å². The van der Waals surface area contributed by atoms with E-state index in [4.69, 9.17) is 5.73 Å². The second kappa shape index (κ2) is 13.1. The van der Waals surface area contributed by atoms with Crippen molar-refractivity contribution in [3.8, 4) is 0 Å². The van der Waals surface area contributed by atoms with Crippen LogP contribution < -0.4 is 16.0 Å². The van der Waals surface area contributed by atoms with Crippen molar-refractivity contribution in [2.75, 3.05) is 37.6 Å². The predicted octanol–water partition coefficient (Wildman–Crippen LogP) is 2.26. The summed E-state index contributed by atoms with van der Waals surface area (Å²) in [5.41, 5.74) is 8.18. The first kappa shape index (κ1) is 25.8. The van der Waals surface area contributed by atoms with Crippen molar-refractivity contribution >= 4 is 42.3 Å². The smallest absolute Gasteiger partial charge is 0.237 e. The monoisotopic (exact) mass is 452 g/mol. The lowest BCUT2D eigenvalue weighted by Gasteiger charge is -2.36. The molecule has 6 nitrogen and oxygen atoms in total. The number of carbonyl (C=O) groups is 2. The van der Waals surface area contributed by atoms with Crippen LogP contribution >= 0.6 is 24.8 Å². The first-order valence-corrected chi connectivity index (χ1v) is 9.78. The Hall–Kier alpha value is -2.28. The number of hydrogen-bond acceptors (Lipinski definition) is 4. The van der Waals surface area contributed by atoms with Gasteiger partial charge < -0.3 is 20.9 Å². The molecule has 1 aliphatic heterocycles. The van der Waals surface area contributed by atoms with Gasteiger partial charge >= 0.3 is 0 Å². The third-order valence-corrected chi connectivity index (χ3v) is 5.03. The number of anilines is 1. The van der Waals surface area contributed by atoms with Crippen LogP contribution in [0, 0.1) is 0 Å². The van der Waals surface area contributed by atoms with Crippen LogP contribution in [0.25, 0.3) is 0 Å². The molecule has 0 bridgehead atoms. The lowest BCUT2D eigenvalue weighted by molar-refractivity contribution is -0.131. The molecule has 0 saturated carbocycles. The third kappa shape index (κ3) is 7.52. The van der Waals surface area contributed by atoms with Crippen LogP contribution in [0.4, 0.5) is 5.69 Å². The lowest BCUT2D eigenvalue weighted by Crippen LogP contribution is -2.49. The SMILES string of the molecule is Cl.Cl.NC(Cc1ccccc1)C(=O)NCCC(=O)N1CCN(c2ccccc2)CC1. The van der Waals surface area contributed by atoms with Crippen molar-refractivity contribution in [2.24, 2.45) is 5.73 Å². The Morgan fingerprint density at radius 1 is 0.900 bits per heavy atom. The van der Waals surface area contributed by atoms with Gasteiger partial charge in [-0.2, -0.15) is 0 Å². The van der Waals surface area contributed by atoms with Gasteiger partial charge in [0.25, 0.3) is 0 Å². The van der Waals surface area contributed by atoms with Crippen LogP contribution in [0.5, 0.6) is 0 Å². The van der Waals surface area contributed by atoms with Crippen LogP contribution in [-0.2, 0) is 16.0 Å². The Morgan fingerprint density at radius 2 is 1.47 bits per heavy atom. The number of rotatable bonds is 7. The number of piperazine rings is 1. The van der Waals surface area contributed by atoms with Gasteiger partial charge in [0.2, 0.25) is 11.8 Å². The van der Waals surface area contributed by atoms with E-state index in [9.17, 15) is 9.59 Å². The minimum atomic E-state index is -0.605. The zero-order chi connectivity index (χ0) is 19.8. The van der Waals surface area contributed by atoms with Gasteiger partial charge in [0, 0.05) is 44.8 Å². The number of para-hydroxylation sites is 1. The molecule has 3 rings (SSSR count). The van der Waals surface area contributed by atoms with Gasteiger partial charge in [-0.3, -0.25) is 9.59 Å². The quantitative estimate of drug-likeness (QED) is 0.674. The summed E-state index contributed by atoms with van der Waals surface area (Å²) in [6, 6.07) is 19.3. The second-order valence-electron chi connectivity index (χ2n) is 7.04. The molecule has 164 valence electrons. The highest BCUT2D eigenvalue weighted by Gasteiger charge is 2.21. The van der Waals surface area contributed by atoms with Gasteiger partial charge in [-0.1, -0.05) is 48.5 Å². The summed E-state index contributed by atoms with van der Waals surface area (Å²) in [4.78, 5) is 28.7. The summed E-state index contributed by atoms with van der Waals surface area (Å²) >= 11 is 0. The molecule has 2 amide bonds. The number of amides is 2. The van der Waals surface area contributed by atoms with E-state index in [1.54, 1.807) is 0 Å². The number of hydrogen-bond donors (Lipinski definition) is 2. The molecule has 1 heterocycles. The number of benzene rings is 2. The van der Waals surface area contributed by atoms with Gasteiger partial charge in [-0.15, -0.1) is 24.8 Å². The average molecular weight is 453 g/mol. The molecule has 3 N–H and O–H groups in total. The summed E-state index contributed by atoms with van der Waals surface area (Å²) in [7, 11) is 0. The number of nitrogens with two attached hydrogens (primary N) is 1. The summed E-state index contributed by atoms with van der Waals surface area (Å²) in [6.07, 6.45) is 0.789. The molecule has 1 aliphatic rings. The molecule has 2 aromatic carbocycles. The molecule has 1 atom stereocenters. The predicted molar refractivity (Wildman–Crippen MR) is 125 cm³/mol. The number of halogens is 2. The van der Waals surface area contributed by atoms with Crippen molar-refractivity contribution in [1.82, 2.24) is 10.2 Å². The highest BCUT2D eigenvalue weighted by molar-refractivity contribution is 5.85. The van der Waals surface area contributed by atoms with E-state index in [0.29, 0.717) is 32.5 Å². The van der Waals surface area contributed by atoms with Crippen molar-refractivity contribution in [3.63, 3.8) is 0 Å².